The summed E-state index contributed by atoms with van der Waals surface area (Å²) in [4.78, 5) is 16.8. The first-order valence-electron chi connectivity index (χ1n) is 7.64. The van der Waals surface area contributed by atoms with Crippen molar-refractivity contribution in [2.24, 2.45) is 0 Å². The Morgan fingerprint density at radius 2 is 1.85 bits per heavy atom. The molecule has 1 N–H and O–H groups in total. The predicted molar refractivity (Wildman–Crippen MR) is 90.9 cm³/mol. The monoisotopic (exact) mass is 396 g/mol. The largest absolute Gasteiger partial charge is 0.573 e. The lowest BCUT2D eigenvalue weighted by atomic mass is 10.0. The van der Waals surface area contributed by atoms with E-state index in [0.29, 0.717) is 10.4 Å². The number of nitrogens with one attached hydrogen (secondary N) is 1. The van der Waals surface area contributed by atoms with E-state index in [2.05, 4.69) is 15.0 Å². The standard InChI is InChI=1S/C18H12F4N2O2S/c19-13-3-1-9-23-16(13)15(24-17(25)14-4-2-10-27-14)11-5-7-12(8-6-11)26-18(20,21)22/h1-10,15H,(H,24,25). The third-order valence-electron chi connectivity index (χ3n) is 3.53. The van der Waals surface area contributed by atoms with Gasteiger partial charge in [0.2, 0.25) is 0 Å². The van der Waals surface area contributed by atoms with Gasteiger partial charge in [-0.15, -0.1) is 24.5 Å². The molecule has 0 radical (unpaired) electrons. The number of benzene rings is 1. The molecule has 9 heteroatoms. The normalized spacial score (nSPS) is 12.4. The van der Waals surface area contributed by atoms with Crippen LogP contribution in [0.3, 0.4) is 0 Å². The summed E-state index contributed by atoms with van der Waals surface area (Å²) in [5.74, 6) is -1.52. The molecule has 1 atom stereocenters. The van der Waals surface area contributed by atoms with Crippen LogP contribution in [-0.2, 0) is 0 Å². The Balaban J connectivity index is 1.92. The molecule has 27 heavy (non-hydrogen) atoms. The van der Waals surface area contributed by atoms with Crippen LogP contribution in [0, 0.1) is 5.82 Å². The number of carbonyl (C=O) groups excluding carboxylic acids is 1. The van der Waals surface area contributed by atoms with Gasteiger partial charge in [0.15, 0.2) is 0 Å². The van der Waals surface area contributed by atoms with Gasteiger partial charge in [0.05, 0.1) is 10.9 Å². The lowest BCUT2D eigenvalue weighted by Gasteiger charge is -2.19. The average molecular weight is 396 g/mol. The second-order valence-electron chi connectivity index (χ2n) is 5.37. The Morgan fingerprint density at radius 3 is 2.44 bits per heavy atom. The van der Waals surface area contributed by atoms with Gasteiger partial charge in [0, 0.05) is 6.20 Å². The number of hydrogen-bond acceptors (Lipinski definition) is 4. The lowest BCUT2D eigenvalue weighted by Crippen LogP contribution is -2.30. The zero-order valence-corrected chi connectivity index (χ0v) is 14.4. The van der Waals surface area contributed by atoms with E-state index in [0.717, 1.165) is 12.1 Å². The number of thiophene rings is 1. The topological polar surface area (TPSA) is 51.2 Å². The van der Waals surface area contributed by atoms with Crippen LogP contribution in [0.1, 0.15) is 27.0 Å². The van der Waals surface area contributed by atoms with Crippen molar-refractivity contribution >= 4 is 17.2 Å². The van der Waals surface area contributed by atoms with Gasteiger partial charge >= 0.3 is 6.36 Å². The summed E-state index contributed by atoms with van der Waals surface area (Å²) in [5, 5.41) is 4.38. The first-order valence-corrected chi connectivity index (χ1v) is 8.52. The molecule has 140 valence electrons. The highest BCUT2D eigenvalue weighted by atomic mass is 32.1. The van der Waals surface area contributed by atoms with Crippen LogP contribution in [-0.4, -0.2) is 17.3 Å². The van der Waals surface area contributed by atoms with Crippen LogP contribution in [0.5, 0.6) is 5.75 Å². The van der Waals surface area contributed by atoms with Gasteiger partial charge < -0.3 is 10.1 Å². The SMILES string of the molecule is O=C(NC(c1ccc(OC(F)(F)F)cc1)c1ncccc1F)c1cccs1. The van der Waals surface area contributed by atoms with Crippen LogP contribution >= 0.6 is 11.3 Å². The molecule has 3 aromatic rings. The average Bonchev–Trinajstić information content (AvgIpc) is 3.14. The number of ether oxygens (including phenoxy) is 1. The van der Waals surface area contributed by atoms with Crippen LogP contribution in [0.25, 0.3) is 0 Å². The van der Waals surface area contributed by atoms with E-state index in [1.54, 1.807) is 17.5 Å². The first-order chi connectivity index (χ1) is 12.8. The number of rotatable bonds is 5. The van der Waals surface area contributed by atoms with Gasteiger partial charge in [-0.1, -0.05) is 18.2 Å². The minimum Gasteiger partial charge on any atom is -0.406 e. The Bertz CT molecular complexity index is 912. The number of carbonyl (C=O) groups is 1. The third kappa shape index (κ3) is 4.82. The highest BCUT2D eigenvalue weighted by Gasteiger charge is 2.31. The molecule has 1 unspecified atom stereocenters. The molecule has 1 amide bonds. The fourth-order valence-electron chi connectivity index (χ4n) is 2.39. The Kier molecular flexibility index (Phi) is 5.41. The summed E-state index contributed by atoms with van der Waals surface area (Å²) in [6.07, 6.45) is -3.45. The van der Waals surface area contributed by atoms with E-state index in [1.165, 1.54) is 41.8 Å². The van der Waals surface area contributed by atoms with Crippen molar-refractivity contribution in [3.05, 3.63) is 82.1 Å². The van der Waals surface area contributed by atoms with Crippen molar-refractivity contribution < 1.29 is 27.1 Å². The molecule has 0 saturated heterocycles. The summed E-state index contributed by atoms with van der Waals surface area (Å²) < 4.78 is 55.0. The number of hydrogen-bond donors (Lipinski definition) is 1. The zero-order valence-electron chi connectivity index (χ0n) is 13.5. The second-order valence-corrected chi connectivity index (χ2v) is 6.32. The van der Waals surface area contributed by atoms with E-state index in [4.69, 9.17) is 0 Å². The Morgan fingerprint density at radius 1 is 1.11 bits per heavy atom. The molecule has 0 fully saturated rings. The molecule has 3 rings (SSSR count). The first kappa shape index (κ1) is 18.8. The number of nitrogens with zero attached hydrogens (tertiary/aromatic N) is 1. The maximum Gasteiger partial charge on any atom is 0.573 e. The third-order valence-corrected chi connectivity index (χ3v) is 4.40. The van der Waals surface area contributed by atoms with Crippen molar-refractivity contribution in [2.75, 3.05) is 0 Å². The number of alkyl halides is 3. The quantitative estimate of drug-likeness (QED) is 0.636. The molecule has 0 aliphatic rings. The molecule has 0 bridgehead atoms. The smallest absolute Gasteiger partial charge is 0.406 e. The van der Waals surface area contributed by atoms with Gasteiger partial charge in [-0.05, 0) is 41.3 Å². The van der Waals surface area contributed by atoms with Crippen LogP contribution in [0.2, 0.25) is 0 Å². The van der Waals surface area contributed by atoms with Crippen LogP contribution in [0.15, 0.2) is 60.1 Å². The maximum atomic E-state index is 14.2. The van der Waals surface area contributed by atoms with E-state index in [9.17, 15) is 22.4 Å². The molecule has 0 saturated carbocycles. The fourth-order valence-corrected chi connectivity index (χ4v) is 3.02. The fraction of sp³-hybridized carbons (Fsp3) is 0.111. The molecule has 0 aliphatic carbocycles. The molecular formula is C18H12F4N2O2S. The van der Waals surface area contributed by atoms with Gasteiger partial charge in [0.1, 0.15) is 17.3 Å². The Labute approximate surface area is 155 Å². The maximum absolute atomic E-state index is 14.2. The van der Waals surface area contributed by atoms with Gasteiger partial charge in [0.25, 0.3) is 5.91 Å². The molecular weight excluding hydrogens is 384 g/mol. The predicted octanol–water partition coefficient (Wildman–Crippen LogP) is 4.70. The van der Waals surface area contributed by atoms with E-state index >= 15 is 0 Å². The van der Waals surface area contributed by atoms with E-state index in [-0.39, 0.29) is 5.69 Å². The van der Waals surface area contributed by atoms with E-state index in [1.807, 2.05) is 0 Å². The van der Waals surface area contributed by atoms with Gasteiger partial charge in [-0.25, -0.2) is 4.39 Å². The number of amides is 1. The van der Waals surface area contributed by atoms with Gasteiger partial charge in [-0.3, -0.25) is 9.78 Å². The summed E-state index contributed by atoms with van der Waals surface area (Å²) in [6, 6.07) is 9.71. The van der Waals surface area contributed by atoms with E-state index < -0.39 is 29.9 Å². The van der Waals surface area contributed by atoms with Crippen molar-refractivity contribution in [1.29, 1.82) is 0 Å². The van der Waals surface area contributed by atoms with Crippen molar-refractivity contribution in [3.63, 3.8) is 0 Å². The lowest BCUT2D eigenvalue weighted by molar-refractivity contribution is -0.274. The highest BCUT2D eigenvalue weighted by Crippen LogP contribution is 2.28. The molecule has 2 heterocycles. The Hall–Kier alpha value is -2.94. The molecule has 4 nitrogen and oxygen atoms in total. The minimum atomic E-state index is -4.82. The van der Waals surface area contributed by atoms with Gasteiger partial charge in [-0.2, -0.15) is 0 Å². The van der Waals surface area contributed by atoms with Crippen molar-refractivity contribution in [1.82, 2.24) is 10.3 Å². The number of aromatic nitrogens is 1. The summed E-state index contributed by atoms with van der Waals surface area (Å²) in [5.41, 5.74) is 0.305. The molecule has 2 aromatic heterocycles. The minimum absolute atomic E-state index is 0.0492. The molecule has 1 aromatic carbocycles. The summed E-state index contributed by atoms with van der Waals surface area (Å²) >= 11 is 1.21. The zero-order chi connectivity index (χ0) is 19.4. The van der Waals surface area contributed by atoms with Crippen LogP contribution in [0.4, 0.5) is 17.6 Å². The summed E-state index contributed by atoms with van der Waals surface area (Å²) in [7, 11) is 0. The molecule has 0 spiro atoms. The highest BCUT2D eigenvalue weighted by molar-refractivity contribution is 7.12. The second kappa shape index (κ2) is 7.75. The van der Waals surface area contributed by atoms with Crippen molar-refractivity contribution in [2.45, 2.75) is 12.4 Å². The summed E-state index contributed by atoms with van der Waals surface area (Å²) in [6.45, 7) is 0. The number of halogens is 4. The van der Waals surface area contributed by atoms with Crippen LogP contribution < -0.4 is 10.1 Å². The molecule has 0 aliphatic heterocycles. The number of pyridine rings is 1. The van der Waals surface area contributed by atoms with Crippen molar-refractivity contribution in [3.8, 4) is 5.75 Å².